The molecular formula is C12H12N2O4. The summed E-state index contributed by atoms with van der Waals surface area (Å²) in [4.78, 5) is 22.7. The van der Waals surface area contributed by atoms with Gasteiger partial charge in [-0.2, -0.15) is 0 Å². The molecule has 0 bridgehead atoms. The highest BCUT2D eigenvalue weighted by atomic mass is 16.5. The fourth-order valence-electron chi connectivity index (χ4n) is 1.54. The molecule has 0 atom stereocenters. The maximum Gasteiger partial charge on any atom is 0.365 e. The van der Waals surface area contributed by atoms with Gasteiger partial charge in [-0.05, 0) is 31.6 Å². The molecule has 18 heavy (non-hydrogen) atoms. The van der Waals surface area contributed by atoms with Crippen LogP contribution < -0.4 is 21.8 Å². The molecule has 0 saturated carbocycles. The molecule has 0 amide bonds. The van der Waals surface area contributed by atoms with Crippen LogP contribution in [-0.4, -0.2) is 10.3 Å². The van der Waals surface area contributed by atoms with E-state index in [0.717, 1.165) is 0 Å². The van der Waals surface area contributed by atoms with Gasteiger partial charge in [0.15, 0.2) is 0 Å². The Labute approximate surface area is 101 Å². The molecule has 0 aliphatic rings. The first-order chi connectivity index (χ1) is 8.49. The van der Waals surface area contributed by atoms with E-state index in [4.69, 9.17) is 0 Å². The van der Waals surface area contributed by atoms with E-state index in [-0.39, 0.29) is 0 Å². The Balaban J connectivity index is 2.55. The number of allylic oxidation sites excluding steroid dienone is 1. The highest BCUT2D eigenvalue weighted by Gasteiger charge is 2.05. The van der Waals surface area contributed by atoms with E-state index in [1.807, 2.05) is 0 Å². The zero-order chi connectivity index (χ0) is 13.3. The lowest BCUT2D eigenvalue weighted by Crippen LogP contribution is -2.31. The van der Waals surface area contributed by atoms with Crippen LogP contribution in [0.25, 0.3) is 18.7 Å². The molecule has 0 spiro atoms. The number of hydrogen-bond acceptors (Lipinski definition) is 4. The number of hydrogen-bond donors (Lipinski definition) is 2. The lowest BCUT2D eigenvalue weighted by Gasteiger charge is -1.89. The van der Waals surface area contributed by atoms with Gasteiger partial charge in [-0.15, -0.1) is 0 Å². The third kappa shape index (κ3) is 2.13. The number of aryl methyl sites for hydroxylation is 1. The van der Waals surface area contributed by atoms with E-state index in [2.05, 4.69) is 25.9 Å². The number of rotatable bonds is 2. The van der Waals surface area contributed by atoms with Crippen LogP contribution in [0.5, 0.6) is 0 Å². The summed E-state index contributed by atoms with van der Waals surface area (Å²) < 4.78 is 9.23. The highest BCUT2D eigenvalue weighted by Crippen LogP contribution is 2.06. The summed E-state index contributed by atoms with van der Waals surface area (Å²) in [6.07, 6.45) is 3.22. The molecule has 0 aliphatic carbocycles. The third-order valence-corrected chi connectivity index (χ3v) is 2.48. The Hall–Kier alpha value is -2.50. The first kappa shape index (κ1) is 12.0. The lowest BCUT2D eigenvalue weighted by atomic mass is 10.1. The first-order valence-electron chi connectivity index (χ1n) is 5.23. The highest BCUT2D eigenvalue weighted by molar-refractivity contribution is 5.63. The lowest BCUT2D eigenvalue weighted by molar-refractivity contribution is 0.386. The van der Waals surface area contributed by atoms with Gasteiger partial charge >= 0.3 is 11.3 Å². The largest absolute Gasteiger partial charge is 0.365 e. The second kappa shape index (κ2) is 4.40. The van der Waals surface area contributed by atoms with Crippen LogP contribution in [0.15, 0.2) is 24.2 Å². The van der Waals surface area contributed by atoms with E-state index in [1.165, 1.54) is 0 Å². The van der Waals surface area contributed by atoms with Gasteiger partial charge in [0.05, 0.1) is 21.8 Å². The molecular weight excluding hydrogens is 236 g/mol. The van der Waals surface area contributed by atoms with Crippen LogP contribution in [0.4, 0.5) is 0 Å². The van der Waals surface area contributed by atoms with Crippen molar-refractivity contribution in [3.05, 3.63) is 48.2 Å². The summed E-state index contributed by atoms with van der Waals surface area (Å²) in [5.41, 5.74) is 0.821. The summed E-state index contributed by atoms with van der Waals surface area (Å²) >= 11 is 0. The fourth-order valence-corrected chi connectivity index (χ4v) is 1.54. The monoisotopic (exact) mass is 248 g/mol. The normalized spacial score (nSPS) is 13.2. The number of H-pyrrole nitrogens is 2. The average Bonchev–Trinajstić information content (AvgIpc) is 2.79. The molecule has 2 N–H and O–H groups in total. The molecule has 6 nitrogen and oxygen atoms in total. The number of aromatic amines is 2. The van der Waals surface area contributed by atoms with Crippen LogP contribution in [0.3, 0.4) is 0 Å². The van der Waals surface area contributed by atoms with Crippen molar-refractivity contribution < 1.29 is 9.05 Å². The first-order valence-corrected chi connectivity index (χ1v) is 5.23. The van der Waals surface area contributed by atoms with E-state index in [1.54, 1.807) is 26.0 Å². The Morgan fingerprint density at radius 2 is 1.89 bits per heavy atom. The summed E-state index contributed by atoms with van der Waals surface area (Å²) in [7, 11) is 0. The van der Waals surface area contributed by atoms with Gasteiger partial charge < -0.3 is 9.05 Å². The third-order valence-electron chi connectivity index (χ3n) is 2.48. The molecule has 0 aliphatic heterocycles. The molecule has 0 radical (unpaired) electrons. The zero-order valence-electron chi connectivity index (χ0n) is 9.99. The molecule has 2 aromatic heterocycles. The van der Waals surface area contributed by atoms with Crippen molar-refractivity contribution in [2.75, 3.05) is 0 Å². The Kier molecular flexibility index (Phi) is 2.93. The van der Waals surface area contributed by atoms with Crippen LogP contribution in [0.2, 0.25) is 0 Å². The standard InChI is InChI=1S/C12H12N2O4/c1-6(4-9-7(2)13-17-11(9)15)5-10-8(3)14-18-12(10)16/h4-5,13-14H,2H2,1,3H3/b6-5?,9-4-. The molecule has 0 fully saturated rings. The zero-order valence-corrected chi connectivity index (χ0v) is 9.99. The predicted molar refractivity (Wildman–Crippen MR) is 66.3 cm³/mol. The van der Waals surface area contributed by atoms with Gasteiger partial charge in [-0.1, -0.05) is 6.58 Å². The van der Waals surface area contributed by atoms with Crippen molar-refractivity contribution in [1.29, 1.82) is 0 Å². The van der Waals surface area contributed by atoms with Crippen molar-refractivity contribution >= 4 is 18.7 Å². The molecule has 0 saturated heterocycles. The summed E-state index contributed by atoms with van der Waals surface area (Å²) in [5, 5.41) is 5.59. The van der Waals surface area contributed by atoms with Crippen LogP contribution in [-0.2, 0) is 0 Å². The number of nitrogens with one attached hydrogen (secondary N) is 2. The Morgan fingerprint density at radius 3 is 2.39 bits per heavy atom. The molecule has 0 aromatic carbocycles. The van der Waals surface area contributed by atoms with Gasteiger partial charge in [0.2, 0.25) is 0 Å². The van der Waals surface area contributed by atoms with Gasteiger partial charge in [0.1, 0.15) is 0 Å². The second-order valence-electron chi connectivity index (χ2n) is 3.95. The van der Waals surface area contributed by atoms with Crippen LogP contribution in [0.1, 0.15) is 18.2 Å². The Bertz CT molecular complexity index is 783. The van der Waals surface area contributed by atoms with Crippen molar-refractivity contribution in [2.24, 2.45) is 0 Å². The summed E-state index contributed by atoms with van der Waals surface area (Å²) in [5.74, 6) is 0. The predicted octanol–water partition coefficient (Wildman–Crippen LogP) is -0.148. The van der Waals surface area contributed by atoms with E-state index >= 15 is 0 Å². The summed E-state index contributed by atoms with van der Waals surface area (Å²) in [6.45, 7) is 7.12. The van der Waals surface area contributed by atoms with E-state index < -0.39 is 11.3 Å². The van der Waals surface area contributed by atoms with Gasteiger partial charge in [0.25, 0.3) is 0 Å². The molecule has 0 unspecified atom stereocenters. The van der Waals surface area contributed by atoms with Crippen LogP contribution in [0, 0.1) is 6.92 Å². The second-order valence-corrected chi connectivity index (χ2v) is 3.95. The van der Waals surface area contributed by atoms with E-state index in [0.29, 0.717) is 27.4 Å². The molecule has 2 rings (SSSR count). The van der Waals surface area contributed by atoms with Crippen molar-refractivity contribution in [1.82, 2.24) is 10.3 Å². The smallest absolute Gasteiger partial charge is 0.338 e. The fraction of sp³-hybridized carbons (Fsp3) is 0.167. The minimum Gasteiger partial charge on any atom is -0.338 e. The Morgan fingerprint density at radius 1 is 1.22 bits per heavy atom. The molecule has 2 aromatic rings. The van der Waals surface area contributed by atoms with E-state index in [9.17, 15) is 9.59 Å². The van der Waals surface area contributed by atoms with Gasteiger partial charge in [0, 0.05) is 0 Å². The minimum absolute atomic E-state index is 0.335. The average molecular weight is 248 g/mol. The van der Waals surface area contributed by atoms with Crippen molar-refractivity contribution in [2.45, 2.75) is 13.8 Å². The SMILES string of the molecule is C=c1[nH]oc(=O)/c1=C\C(C)=Cc1c(C)[nH]oc1=O. The quantitative estimate of drug-likeness (QED) is 0.773. The number of aromatic nitrogens is 2. The maximum atomic E-state index is 11.4. The van der Waals surface area contributed by atoms with Gasteiger partial charge in [-0.25, -0.2) is 19.9 Å². The maximum absolute atomic E-state index is 11.4. The van der Waals surface area contributed by atoms with Gasteiger partial charge in [-0.3, -0.25) is 0 Å². The molecule has 94 valence electrons. The molecule has 6 heteroatoms. The van der Waals surface area contributed by atoms with Crippen LogP contribution >= 0.6 is 0 Å². The minimum atomic E-state index is -0.495. The molecule has 2 heterocycles. The van der Waals surface area contributed by atoms with Crippen molar-refractivity contribution in [3.8, 4) is 0 Å². The van der Waals surface area contributed by atoms with Crippen molar-refractivity contribution in [3.63, 3.8) is 0 Å². The summed E-state index contributed by atoms with van der Waals surface area (Å²) in [6, 6.07) is 0. The topological polar surface area (TPSA) is 92.0 Å².